The van der Waals surface area contributed by atoms with Gasteiger partial charge in [-0.15, -0.1) is 0 Å². The van der Waals surface area contributed by atoms with Crippen LogP contribution in [0.25, 0.3) is 5.57 Å². The van der Waals surface area contributed by atoms with Gasteiger partial charge in [0.2, 0.25) is 5.88 Å². The maximum Gasteiger partial charge on any atom is 0.218 e. The molecule has 0 aliphatic heterocycles. The highest BCUT2D eigenvalue weighted by Gasteiger charge is 2.15. The predicted octanol–water partition coefficient (Wildman–Crippen LogP) is 4.46. The molecule has 0 amide bonds. The normalized spacial score (nSPS) is 14.0. The van der Waals surface area contributed by atoms with E-state index in [-0.39, 0.29) is 5.82 Å². The molecule has 4 nitrogen and oxygen atoms in total. The molecule has 0 N–H and O–H groups in total. The Hall–Kier alpha value is -2.87. The lowest BCUT2D eigenvalue weighted by Gasteiger charge is -2.07. The fraction of sp³-hybridized carbons (Fsp3) is 0.222. The molecule has 0 saturated heterocycles. The molecule has 23 heavy (non-hydrogen) atoms. The van der Waals surface area contributed by atoms with Crippen LogP contribution in [0.1, 0.15) is 25.5 Å². The zero-order valence-electron chi connectivity index (χ0n) is 12.8. The van der Waals surface area contributed by atoms with Gasteiger partial charge in [0, 0.05) is 18.2 Å². The van der Waals surface area contributed by atoms with E-state index < -0.39 is 0 Å². The lowest BCUT2D eigenvalue weighted by molar-refractivity contribution is 0.416. The van der Waals surface area contributed by atoms with Crippen molar-refractivity contribution in [2.24, 2.45) is 0 Å². The second-order valence-corrected chi connectivity index (χ2v) is 5.22. The molecule has 1 aromatic heterocycles. The number of aryl methyl sites for hydroxylation is 1. The minimum Gasteiger partial charge on any atom is -0.439 e. The third kappa shape index (κ3) is 3.32. The summed E-state index contributed by atoms with van der Waals surface area (Å²) in [6, 6.07) is 9.91. The maximum atomic E-state index is 13.0. The smallest absolute Gasteiger partial charge is 0.218 e. The lowest BCUT2D eigenvalue weighted by Crippen LogP contribution is -2.00. The van der Waals surface area contributed by atoms with E-state index in [0.717, 1.165) is 24.1 Å². The summed E-state index contributed by atoms with van der Waals surface area (Å²) in [6.45, 7) is 2.63. The van der Waals surface area contributed by atoms with Gasteiger partial charge in [-0.05, 0) is 55.7 Å². The average molecular weight is 309 g/mol. The van der Waals surface area contributed by atoms with Gasteiger partial charge in [0.05, 0.1) is 11.8 Å². The molecule has 0 unspecified atom stereocenters. The number of nitriles is 1. The number of allylic oxidation sites excluding steroid dienone is 4. The van der Waals surface area contributed by atoms with E-state index in [1.54, 1.807) is 16.8 Å². The molecular formula is C18H16FN3O. The van der Waals surface area contributed by atoms with E-state index in [4.69, 9.17) is 10.00 Å². The van der Waals surface area contributed by atoms with E-state index in [0.29, 0.717) is 23.7 Å². The summed E-state index contributed by atoms with van der Waals surface area (Å²) in [7, 11) is 0. The quantitative estimate of drug-likeness (QED) is 0.837. The van der Waals surface area contributed by atoms with Crippen molar-refractivity contribution >= 4 is 5.57 Å². The molecule has 0 bridgehead atoms. The molecule has 0 fully saturated rings. The second kappa shape index (κ2) is 6.49. The Morgan fingerprint density at radius 1 is 1.35 bits per heavy atom. The molecule has 1 aliphatic carbocycles. The number of hydrogen-bond acceptors (Lipinski definition) is 3. The molecule has 1 aromatic carbocycles. The number of benzene rings is 1. The lowest BCUT2D eigenvalue weighted by atomic mass is 9.98. The van der Waals surface area contributed by atoms with Crippen molar-refractivity contribution in [1.82, 2.24) is 9.78 Å². The summed E-state index contributed by atoms with van der Waals surface area (Å²) in [6.07, 6.45) is 5.48. The Balaban J connectivity index is 1.89. The maximum absolute atomic E-state index is 13.0. The number of ether oxygens (including phenoxy) is 1. The third-order valence-corrected chi connectivity index (χ3v) is 3.64. The molecule has 0 spiro atoms. The van der Waals surface area contributed by atoms with Crippen LogP contribution in [0.3, 0.4) is 0 Å². The first-order valence-corrected chi connectivity index (χ1v) is 7.52. The summed E-state index contributed by atoms with van der Waals surface area (Å²) in [5.41, 5.74) is 2.50. The Kier molecular flexibility index (Phi) is 4.24. The molecule has 2 aromatic rings. The van der Waals surface area contributed by atoms with Crippen LogP contribution in [-0.4, -0.2) is 9.78 Å². The van der Waals surface area contributed by atoms with Crippen molar-refractivity contribution in [2.45, 2.75) is 26.3 Å². The van der Waals surface area contributed by atoms with Crippen LogP contribution in [0.15, 0.2) is 48.1 Å². The molecule has 0 saturated carbocycles. The summed E-state index contributed by atoms with van der Waals surface area (Å²) in [4.78, 5) is 0. The van der Waals surface area contributed by atoms with Crippen LogP contribution in [-0.2, 0) is 6.54 Å². The number of aromatic nitrogens is 2. The fourth-order valence-corrected chi connectivity index (χ4v) is 2.47. The van der Waals surface area contributed by atoms with E-state index in [2.05, 4.69) is 11.2 Å². The SMILES string of the molecule is CCn1nc(C2=CC(C#N)=CCC2)cc1Oc1ccc(F)cc1. The Morgan fingerprint density at radius 2 is 2.13 bits per heavy atom. The van der Waals surface area contributed by atoms with E-state index in [9.17, 15) is 4.39 Å². The summed E-state index contributed by atoms with van der Waals surface area (Å²) < 4.78 is 20.5. The first-order valence-electron chi connectivity index (χ1n) is 7.52. The topological polar surface area (TPSA) is 50.8 Å². The van der Waals surface area contributed by atoms with Crippen molar-refractivity contribution in [3.05, 3.63) is 59.6 Å². The van der Waals surface area contributed by atoms with Crippen molar-refractivity contribution < 1.29 is 9.13 Å². The van der Waals surface area contributed by atoms with Crippen molar-refractivity contribution in [3.63, 3.8) is 0 Å². The minimum absolute atomic E-state index is 0.301. The molecule has 3 rings (SSSR count). The van der Waals surface area contributed by atoms with Gasteiger partial charge in [0.25, 0.3) is 0 Å². The van der Waals surface area contributed by atoms with Crippen LogP contribution in [0.4, 0.5) is 4.39 Å². The number of halogens is 1. The summed E-state index contributed by atoms with van der Waals surface area (Å²) >= 11 is 0. The van der Waals surface area contributed by atoms with E-state index in [1.807, 2.05) is 25.1 Å². The van der Waals surface area contributed by atoms with Crippen LogP contribution >= 0.6 is 0 Å². The molecule has 5 heteroatoms. The Morgan fingerprint density at radius 3 is 2.83 bits per heavy atom. The summed E-state index contributed by atoms with van der Waals surface area (Å²) in [5, 5.41) is 13.6. The molecular weight excluding hydrogens is 293 g/mol. The van der Waals surface area contributed by atoms with Gasteiger partial charge < -0.3 is 4.74 Å². The van der Waals surface area contributed by atoms with Crippen molar-refractivity contribution in [1.29, 1.82) is 5.26 Å². The average Bonchev–Trinajstić information content (AvgIpc) is 3.00. The monoisotopic (exact) mass is 309 g/mol. The highest BCUT2D eigenvalue weighted by molar-refractivity contribution is 5.69. The Bertz CT molecular complexity index is 810. The first kappa shape index (κ1) is 15.0. The van der Waals surface area contributed by atoms with Gasteiger partial charge in [-0.25, -0.2) is 9.07 Å². The number of rotatable bonds is 4. The van der Waals surface area contributed by atoms with Gasteiger partial charge in [0.1, 0.15) is 11.6 Å². The number of nitrogens with zero attached hydrogens (tertiary/aromatic N) is 3. The fourth-order valence-electron chi connectivity index (χ4n) is 2.47. The molecule has 116 valence electrons. The third-order valence-electron chi connectivity index (χ3n) is 3.64. The Labute approximate surface area is 134 Å². The zero-order valence-corrected chi connectivity index (χ0v) is 12.8. The standard InChI is InChI=1S/C18H16FN3O/c1-2-22-18(23-16-8-6-15(19)7-9-16)11-17(21-22)14-5-3-4-13(10-14)12-20/h4,6-11H,2-3,5H2,1H3. The van der Waals surface area contributed by atoms with Gasteiger partial charge in [0.15, 0.2) is 0 Å². The van der Waals surface area contributed by atoms with Crippen molar-refractivity contribution in [3.8, 4) is 17.7 Å². The largest absolute Gasteiger partial charge is 0.439 e. The van der Waals surface area contributed by atoms with Gasteiger partial charge in [-0.2, -0.15) is 10.4 Å². The van der Waals surface area contributed by atoms with Crippen molar-refractivity contribution in [2.75, 3.05) is 0 Å². The van der Waals surface area contributed by atoms with E-state index >= 15 is 0 Å². The highest BCUT2D eigenvalue weighted by Crippen LogP contribution is 2.30. The molecule has 0 atom stereocenters. The predicted molar refractivity (Wildman–Crippen MR) is 85.3 cm³/mol. The molecule has 1 heterocycles. The molecule has 1 aliphatic rings. The highest BCUT2D eigenvalue weighted by atomic mass is 19.1. The minimum atomic E-state index is -0.301. The number of hydrogen-bond donors (Lipinski definition) is 0. The van der Waals surface area contributed by atoms with Crippen LogP contribution < -0.4 is 4.74 Å². The van der Waals surface area contributed by atoms with Gasteiger partial charge >= 0.3 is 0 Å². The first-order chi connectivity index (χ1) is 11.2. The van der Waals surface area contributed by atoms with Gasteiger partial charge in [-0.3, -0.25) is 0 Å². The molecule has 0 radical (unpaired) electrons. The van der Waals surface area contributed by atoms with E-state index in [1.165, 1.54) is 12.1 Å². The second-order valence-electron chi connectivity index (χ2n) is 5.22. The van der Waals surface area contributed by atoms with Crippen LogP contribution in [0.2, 0.25) is 0 Å². The summed E-state index contributed by atoms with van der Waals surface area (Å²) in [5.74, 6) is 0.857. The van der Waals surface area contributed by atoms with Crippen LogP contribution in [0.5, 0.6) is 11.6 Å². The van der Waals surface area contributed by atoms with Gasteiger partial charge in [-0.1, -0.05) is 6.08 Å². The van der Waals surface area contributed by atoms with Crippen LogP contribution in [0, 0.1) is 17.1 Å². The zero-order chi connectivity index (χ0) is 16.2.